The molecule has 0 radical (unpaired) electrons. The molecule has 0 unspecified atom stereocenters. The number of halogens is 1. The number of carbonyl (C=O) groups is 1. The van der Waals surface area contributed by atoms with Gasteiger partial charge in [-0.25, -0.2) is 4.79 Å². The SMILES string of the molecule is CCOC(=O)[C@@H](C)Oc1ccc(Cl)cc1/C=C\C#N. The van der Waals surface area contributed by atoms with Crippen LogP contribution in [0.5, 0.6) is 5.75 Å². The quantitative estimate of drug-likeness (QED) is 0.613. The van der Waals surface area contributed by atoms with Gasteiger partial charge in [-0.3, -0.25) is 0 Å². The van der Waals surface area contributed by atoms with Gasteiger partial charge in [0.05, 0.1) is 12.7 Å². The van der Waals surface area contributed by atoms with Gasteiger partial charge in [-0.2, -0.15) is 5.26 Å². The molecule has 0 aromatic heterocycles. The first kappa shape index (κ1) is 15.1. The number of carbonyl (C=O) groups excluding carboxylic acids is 1. The maximum Gasteiger partial charge on any atom is 0.347 e. The van der Waals surface area contributed by atoms with E-state index in [9.17, 15) is 4.79 Å². The van der Waals surface area contributed by atoms with E-state index in [0.29, 0.717) is 22.9 Å². The summed E-state index contributed by atoms with van der Waals surface area (Å²) < 4.78 is 10.4. The molecule has 5 heteroatoms. The van der Waals surface area contributed by atoms with Crippen LogP contribution in [0.25, 0.3) is 6.08 Å². The van der Waals surface area contributed by atoms with Crippen molar-refractivity contribution in [1.82, 2.24) is 0 Å². The van der Waals surface area contributed by atoms with Crippen LogP contribution >= 0.6 is 11.6 Å². The number of hydrogen-bond donors (Lipinski definition) is 0. The third-order valence-electron chi connectivity index (χ3n) is 2.23. The molecular formula is C14H14ClNO3. The number of allylic oxidation sites excluding steroid dienone is 1. The third-order valence-corrected chi connectivity index (χ3v) is 2.47. The minimum Gasteiger partial charge on any atom is -0.478 e. The van der Waals surface area contributed by atoms with Gasteiger partial charge in [-0.1, -0.05) is 11.6 Å². The highest BCUT2D eigenvalue weighted by molar-refractivity contribution is 6.30. The Morgan fingerprint density at radius 2 is 2.32 bits per heavy atom. The summed E-state index contributed by atoms with van der Waals surface area (Å²) in [5.41, 5.74) is 0.630. The van der Waals surface area contributed by atoms with E-state index in [-0.39, 0.29) is 0 Å². The molecule has 1 aromatic carbocycles. The van der Waals surface area contributed by atoms with E-state index >= 15 is 0 Å². The van der Waals surface area contributed by atoms with E-state index in [0.717, 1.165) is 0 Å². The number of nitrogens with zero attached hydrogens (tertiary/aromatic N) is 1. The van der Waals surface area contributed by atoms with Crippen molar-refractivity contribution in [3.05, 3.63) is 34.9 Å². The highest BCUT2D eigenvalue weighted by atomic mass is 35.5. The zero-order valence-corrected chi connectivity index (χ0v) is 11.5. The van der Waals surface area contributed by atoms with Crippen LogP contribution in [0.3, 0.4) is 0 Å². The van der Waals surface area contributed by atoms with Crippen LogP contribution in [0.15, 0.2) is 24.3 Å². The Balaban J connectivity index is 2.91. The lowest BCUT2D eigenvalue weighted by atomic mass is 10.2. The van der Waals surface area contributed by atoms with Gasteiger partial charge in [0.2, 0.25) is 0 Å². The van der Waals surface area contributed by atoms with Gasteiger partial charge in [0.25, 0.3) is 0 Å². The average molecular weight is 280 g/mol. The van der Waals surface area contributed by atoms with Crippen molar-refractivity contribution in [3.8, 4) is 11.8 Å². The lowest BCUT2D eigenvalue weighted by Crippen LogP contribution is -2.26. The monoisotopic (exact) mass is 279 g/mol. The largest absolute Gasteiger partial charge is 0.478 e. The molecule has 0 N–H and O–H groups in total. The molecule has 0 saturated heterocycles. The molecule has 4 nitrogen and oxygen atoms in total. The second-order valence-corrected chi connectivity index (χ2v) is 4.09. The van der Waals surface area contributed by atoms with Crippen molar-refractivity contribution in [2.75, 3.05) is 6.61 Å². The smallest absolute Gasteiger partial charge is 0.347 e. The number of benzene rings is 1. The van der Waals surface area contributed by atoms with E-state index in [2.05, 4.69) is 0 Å². The first-order valence-corrected chi connectivity index (χ1v) is 6.15. The molecule has 0 saturated carbocycles. The molecule has 0 aliphatic heterocycles. The predicted octanol–water partition coefficient (Wildman–Crippen LogP) is 3.21. The number of nitriles is 1. The normalized spacial score (nSPS) is 11.9. The van der Waals surface area contributed by atoms with Crippen molar-refractivity contribution in [2.45, 2.75) is 20.0 Å². The van der Waals surface area contributed by atoms with Crippen LogP contribution < -0.4 is 4.74 Å². The van der Waals surface area contributed by atoms with Crippen LogP contribution in [-0.4, -0.2) is 18.7 Å². The van der Waals surface area contributed by atoms with E-state index in [1.807, 2.05) is 6.07 Å². The molecule has 0 heterocycles. The predicted molar refractivity (Wildman–Crippen MR) is 72.8 cm³/mol. The van der Waals surface area contributed by atoms with Crippen LogP contribution in [0, 0.1) is 11.3 Å². The van der Waals surface area contributed by atoms with Gasteiger partial charge in [-0.15, -0.1) is 0 Å². The standard InChI is InChI=1S/C14H14ClNO3/c1-3-18-14(17)10(2)19-13-7-6-12(15)9-11(13)5-4-8-16/h4-7,9-10H,3H2,1-2H3/b5-4-/t10-/m1/s1. The zero-order valence-electron chi connectivity index (χ0n) is 10.7. The fourth-order valence-corrected chi connectivity index (χ4v) is 1.56. The Hall–Kier alpha value is -1.99. The topological polar surface area (TPSA) is 59.3 Å². The minimum absolute atomic E-state index is 0.300. The Morgan fingerprint density at radius 1 is 1.58 bits per heavy atom. The molecule has 1 aromatic rings. The van der Waals surface area contributed by atoms with Crippen molar-refractivity contribution in [2.24, 2.45) is 0 Å². The van der Waals surface area contributed by atoms with Crippen LogP contribution in [0.2, 0.25) is 5.02 Å². The minimum atomic E-state index is -0.727. The third kappa shape index (κ3) is 4.65. The molecule has 0 bridgehead atoms. The molecule has 0 spiro atoms. The number of esters is 1. The van der Waals surface area contributed by atoms with E-state index < -0.39 is 12.1 Å². The van der Waals surface area contributed by atoms with Crippen LogP contribution in [-0.2, 0) is 9.53 Å². The number of hydrogen-bond acceptors (Lipinski definition) is 4. The average Bonchev–Trinajstić information content (AvgIpc) is 2.39. The fourth-order valence-electron chi connectivity index (χ4n) is 1.38. The molecule has 100 valence electrons. The van der Waals surface area contributed by atoms with Gasteiger partial charge in [0, 0.05) is 16.7 Å². The van der Waals surface area contributed by atoms with Gasteiger partial charge in [-0.05, 0) is 38.1 Å². The van der Waals surface area contributed by atoms with Crippen LogP contribution in [0.1, 0.15) is 19.4 Å². The fraction of sp³-hybridized carbons (Fsp3) is 0.286. The van der Waals surface area contributed by atoms with E-state index in [1.165, 1.54) is 6.08 Å². The van der Waals surface area contributed by atoms with E-state index in [1.54, 1.807) is 38.1 Å². The Labute approximate surface area is 117 Å². The maximum absolute atomic E-state index is 11.5. The molecule has 1 atom stereocenters. The Bertz CT molecular complexity index is 520. The molecule has 0 amide bonds. The Kier molecular flexibility index (Phi) is 5.91. The summed E-state index contributed by atoms with van der Waals surface area (Å²) in [7, 11) is 0. The van der Waals surface area contributed by atoms with Gasteiger partial charge in [0.1, 0.15) is 5.75 Å². The molecule has 19 heavy (non-hydrogen) atoms. The lowest BCUT2D eigenvalue weighted by molar-refractivity contribution is -0.150. The number of ether oxygens (including phenoxy) is 2. The van der Waals surface area contributed by atoms with Crippen molar-refractivity contribution >= 4 is 23.6 Å². The second-order valence-electron chi connectivity index (χ2n) is 3.66. The Morgan fingerprint density at radius 3 is 2.95 bits per heavy atom. The summed E-state index contributed by atoms with van der Waals surface area (Å²) in [5.74, 6) is 0.0316. The molecule has 1 rings (SSSR count). The van der Waals surface area contributed by atoms with Crippen molar-refractivity contribution in [1.29, 1.82) is 5.26 Å². The molecular weight excluding hydrogens is 266 g/mol. The highest BCUT2D eigenvalue weighted by Crippen LogP contribution is 2.25. The zero-order chi connectivity index (χ0) is 14.3. The second kappa shape index (κ2) is 7.45. The van der Waals surface area contributed by atoms with Crippen molar-refractivity contribution in [3.63, 3.8) is 0 Å². The van der Waals surface area contributed by atoms with Gasteiger partial charge in [0.15, 0.2) is 6.10 Å². The highest BCUT2D eigenvalue weighted by Gasteiger charge is 2.16. The summed E-state index contributed by atoms with van der Waals surface area (Å²) in [4.78, 5) is 11.5. The van der Waals surface area contributed by atoms with Crippen LogP contribution in [0.4, 0.5) is 0 Å². The summed E-state index contributed by atoms with van der Waals surface area (Å²) in [6, 6.07) is 6.84. The summed E-state index contributed by atoms with van der Waals surface area (Å²) in [5, 5.41) is 9.07. The van der Waals surface area contributed by atoms with Crippen molar-refractivity contribution < 1.29 is 14.3 Å². The molecule has 0 aliphatic carbocycles. The summed E-state index contributed by atoms with van der Waals surface area (Å²) >= 11 is 5.88. The summed E-state index contributed by atoms with van der Waals surface area (Å²) in [6.07, 6.45) is 2.16. The maximum atomic E-state index is 11.5. The van der Waals surface area contributed by atoms with Gasteiger partial charge >= 0.3 is 5.97 Å². The van der Waals surface area contributed by atoms with Gasteiger partial charge < -0.3 is 9.47 Å². The molecule has 0 aliphatic rings. The first-order valence-electron chi connectivity index (χ1n) is 5.77. The lowest BCUT2D eigenvalue weighted by Gasteiger charge is -2.15. The summed E-state index contributed by atoms with van der Waals surface area (Å²) in [6.45, 7) is 3.63. The first-order chi connectivity index (χ1) is 9.08. The number of rotatable bonds is 5. The molecule has 0 fully saturated rings. The van der Waals surface area contributed by atoms with E-state index in [4.69, 9.17) is 26.3 Å².